The Hall–Kier alpha value is 3.41. The van der Waals surface area contributed by atoms with E-state index in [0.29, 0.717) is 64.2 Å². The van der Waals surface area contributed by atoms with Gasteiger partial charge in [0.05, 0.1) is 0 Å². The van der Waals surface area contributed by atoms with Gasteiger partial charge in [0.25, 0.3) is 0 Å². The van der Waals surface area contributed by atoms with Crippen LogP contribution in [-0.2, 0) is 56.3 Å². The predicted molar refractivity (Wildman–Crippen MR) is 308 cm³/mol. The first-order valence-corrected chi connectivity index (χ1v) is 43.1. The van der Waals surface area contributed by atoms with Crippen molar-refractivity contribution in [3.05, 3.63) is 52.7 Å². The first-order chi connectivity index (χ1) is 30.2. The molecule has 1 rings (SSSR count). The fourth-order valence-electron chi connectivity index (χ4n) is 5.81. The number of rotatable bonds is 18. The van der Waals surface area contributed by atoms with Crippen LogP contribution in [0.25, 0.3) is 0 Å². The van der Waals surface area contributed by atoms with Gasteiger partial charge in [-0.1, -0.05) is 145 Å². The van der Waals surface area contributed by atoms with Gasteiger partial charge >= 0.3 is 84.6 Å². The standard InChI is InChI=1S/C15H9.6C6H15P.3ClH.3Pt/c1-7-13-10(4)14(8-2)12(6)15(9-3)11(13)5;6*1-4-7(5-2)6-3;;;;;;/h4-6H3;6*4-6H2,1-3H3;3*1H;;;/q-3;;;;;;;;;;3*+2/p-3. The van der Waals surface area contributed by atoms with Crippen LogP contribution in [0.5, 0.6) is 0 Å². The van der Waals surface area contributed by atoms with E-state index in [9.17, 15) is 0 Å². The zero-order valence-electron chi connectivity index (χ0n) is 44.5. The summed E-state index contributed by atoms with van der Waals surface area (Å²) in [5.41, 5.74) is 4.33. The molecule has 0 radical (unpaired) electrons. The second kappa shape index (κ2) is 74.4. The van der Waals surface area contributed by atoms with E-state index in [1.807, 2.05) is 20.8 Å². The SMILES string of the molecule is CCP(CC)CC.CCP(CC)CC.CCP(CC)CC.CCP(CC)CC.CCP(CC)CC.CCP(CC)CC.[C-]#Cc1c(C)c(C#[C-])c(C)c(C#[C-])c1C.[Cl][Pt+].[Cl][Pt+].[Cl][Pt+]. The summed E-state index contributed by atoms with van der Waals surface area (Å²) in [6, 6.07) is 0. The van der Waals surface area contributed by atoms with Crippen LogP contribution in [0, 0.1) is 57.8 Å². The van der Waals surface area contributed by atoms with E-state index in [1.165, 1.54) is 111 Å². The molecule has 0 N–H and O–H groups in total. The summed E-state index contributed by atoms with van der Waals surface area (Å²) >= 11 is 4.83. The third-order valence-corrected chi connectivity index (χ3v) is 26.8. The van der Waals surface area contributed by atoms with E-state index < -0.39 is 0 Å². The van der Waals surface area contributed by atoms with Crippen molar-refractivity contribution in [2.45, 2.75) is 145 Å². The van der Waals surface area contributed by atoms with Crippen LogP contribution in [0.1, 0.15) is 158 Å². The summed E-state index contributed by atoms with van der Waals surface area (Å²) in [5.74, 6) is 7.03. The van der Waals surface area contributed by atoms with Crippen LogP contribution >= 0.6 is 75.8 Å². The summed E-state index contributed by atoms with van der Waals surface area (Å²) in [5, 5.41) is 0. The van der Waals surface area contributed by atoms with E-state index in [0.717, 1.165) is 16.7 Å². The molecule has 384 valence electrons. The van der Waals surface area contributed by atoms with Gasteiger partial charge in [-0.2, -0.15) is 33.4 Å². The molecule has 0 spiro atoms. The van der Waals surface area contributed by atoms with Gasteiger partial charge in [-0.15, -0.1) is 47.5 Å². The van der Waals surface area contributed by atoms with Gasteiger partial charge in [-0.25, -0.2) is 0 Å². The molecule has 1 aromatic rings. The summed E-state index contributed by atoms with van der Waals surface area (Å²) < 4.78 is 0. The first-order valence-electron chi connectivity index (χ1n) is 23.3. The molecule has 0 amide bonds. The molecule has 63 heavy (non-hydrogen) atoms. The van der Waals surface area contributed by atoms with Crippen molar-refractivity contribution in [2.24, 2.45) is 0 Å². The normalized spacial score (nSPS) is 9.29. The molecular formula is C51H99Cl3P6Pt3. The molecule has 0 atom stereocenters. The topological polar surface area (TPSA) is 0 Å². The fourth-order valence-corrected chi connectivity index (χ4v) is 13.9. The number of halogens is 3. The second-order valence-electron chi connectivity index (χ2n) is 13.1. The Morgan fingerprint density at radius 3 is 0.381 bits per heavy atom. The van der Waals surface area contributed by atoms with Crippen molar-refractivity contribution in [3.8, 4) is 17.8 Å². The second-order valence-corrected chi connectivity index (χ2v) is 32.5. The first kappa shape index (κ1) is 86.2. The Labute approximate surface area is 454 Å². The average molecular weight is 1590 g/mol. The molecule has 0 nitrogen and oxygen atoms in total. The summed E-state index contributed by atoms with van der Waals surface area (Å²) in [6.45, 7) is 46.7. The summed E-state index contributed by atoms with van der Waals surface area (Å²) in [4.78, 5) is 0. The van der Waals surface area contributed by atoms with E-state index >= 15 is 0 Å². The van der Waals surface area contributed by atoms with Crippen molar-refractivity contribution >= 4 is 75.8 Å². The van der Waals surface area contributed by atoms with Gasteiger partial charge in [0.15, 0.2) is 0 Å². The zero-order chi connectivity index (χ0) is 51.8. The van der Waals surface area contributed by atoms with Crippen LogP contribution < -0.4 is 0 Å². The summed E-state index contributed by atoms with van der Waals surface area (Å²) in [7, 11) is 16.5. The quantitative estimate of drug-likeness (QED) is 0.0781. The average Bonchev–Trinajstić information content (AvgIpc) is 3.33. The van der Waals surface area contributed by atoms with Crippen LogP contribution in [0.15, 0.2) is 0 Å². The van der Waals surface area contributed by atoms with Gasteiger partial charge in [0.1, 0.15) is 0 Å². The van der Waals surface area contributed by atoms with Crippen LogP contribution in [0.3, 0.4) is 0 Å². The number of hydrogen-bond acceptors (Lipinski definition) is 0. The van der Waals surface area contributed by atoms with Gasteiger partial charge in [-0.05, 0) is 111 Å². The van der Waals surface area contributed by atoms with Gasteiger partial charge in [0.2, 0.25) is 0 Å². The molecule has 0 saturated carbocycles. The van der Waals surface area contributed by atoms with E-state index in [4.69, 9.17) is 19.3 Å². The maximum absolute atomic E-state index is 7.21. The molecule has 0 aliphatic heterocycles. The molecule has 1 aromatic carbocycles. The monoisotopic (exact) mass is 1590 g/mol. The van der Waals surface area contributed by atoms with Gasteiger partial charge in [0, 0.05) is 0 Å². The summed E-state index contributed by atoms with van der Waals surface area (Å²) in [6.07, 6.45) is 47.2. The van der Waals surface area contributed by atoms with Gasteiger partial charge in [-0.3, -0.25) is 17.8 Å². The Morgan fingerprint density at radius 2 is 0.349 bits per heavy atom. The predicted octanol–water partition coefficient (Wildman–Crippen LogP) is 19.7. The van der Waals surface area contributed by atoms with Crippen LogP contribution in [0.4, 0.5) is 0 Å². The van der Waals surface area contributed by atoms with Crippen molar-refractivity contribution in [2.75, 3.05) is 111 Å². The molecule has 12 heteroatoms. The maximum atomic E-state index is 7.21. The van der Waals surface area contributed by atoms with Crippen LogP contribution in [0.2, 0.25) is 0 Å². The minimum atomic E-state index is 0.446. The molecule has 0 aromatic heterocycles. The van der Waals surface area contributed by atoms with Gasteiger partial charge < -0.3 is 19.3 Å². The molecule has 0 saturated heterocycles. The molecule has 0 unspecified atom stereocenters. The number of hydrogen-bond donors (Lipinski definition) is 0. The van der Waals surface area contributed by atoms with Crippen LogP contribution in [-0.4, -0.2) is 111 Å². The molecule has 0 aliphatic carbocycles. The third kappa shape index (κ3) is 54.6. The Morgan fingerprint density at radius 1 is 0.270 bits per heavy atom. The molecular weight excluding hydrogens is 1490 g/mol. The Balaban J connectivity index is -0.0000000775. The minimum absolute atomic E-state index is 0.446. The van der Waals surface area contributed by atoms with E-state index in [2.05, 4.69) is 171 Å². The molecule has 0 heterocycles. The molecule has 0 fully saturated rings. The van der Waals surface area contributed by atoms with Crippen molar-refractivity contribution in [1.82, 2.24) is 0 Å². The van der Waals surface area contributed by atoms with E-state index in [-0.39, 0.29) is 0 Å². The van der Waals surface area contributed by atoms with Crippen molar-refractivity contribution in [3.63, 3.8) is 0 Å². The van der Waals surface area contributed by atoms with E-state index in [1.54, 1.807) is 56.3 Å². The molecule has 0 bridgehead atoms. The number of benzene rings is 1. The third-order valence-electron chi connectivity index (χ3n) is 10.7. The Bertz CT molecular complexity index is 891. The van der Waals surface area contributed by atoms with Crippen molar-refractivity contribution < 1.29 is 56.3 Å². The molecule has 0 aliphatic rings. The Kier molecular flexibility index (Phi) is 102. The fraction of sp³-hybridized carbons (Fsp3) is 0.765. The zero-order valence-corrected chi connectivity index (χ0v) is 58.9. The van der Waals surface area contributed by atoms with Crippen molar-refractivity contribution in [1.29, 1.82) is 0 Å².